The van der Waals surface area contributed by atoms with Crippen LogP contribution >= 0.6 is 0 Å². The average Bonchev–Trinajstić information content (AvgIpc) is 2.57. The molecule has 1 aromatic carbocycles. The molecule has 1 fully saturated rings. The fourth-order valence-corrected chi connectivity index (χ4v) is 2.85. The summed E-state index contributed by atoms with van der Waals surface area (Å²) < 4.78 is 0. The van der Waals surface area contributed by atoms with Crippen molar-refractivity contribution in [2.45, 2.75) is 6.54 Å². The van der Waals surface area contributed by atoms with Crippen molar-refractivity contribution in [3.05, 3.63) is 48.3 Å². The molecule has 22 heavy (non-hydrogen) atoms. The Morgan fingerprint density at radius 2 is 1.68 bits per heavy atom. The zero-order valence-corrected chi connectivity index (χ0v) is 13.4. The first-order valence-corrected chi connectivity index (χ1v) is 7.84. The van der Waals surface area contributed by atoms with Gasteiger partial charge in [0, 0.05) is 37.7 Å². The third-order valence-corrected chi connectivity index (χ3v) is 4.21. The predicted molar refractivity (Wildman–Crippen MR) is 89.4 cm³/mol. The lowest BCUT2D eigenvalue weighted by Crippen LogP contribution is -3.13. The van der Waals surface area contributed by atoms with E-state index in [2.05, 4.69) is 58.1 Å². The van der Waals surface area contributed by atoms with Gasteiger partial charge < -0.3 is 14.7 Å². The Labute approximate surface area is 132 Å². The number of benzene rings is 1. The SMILES string of the molecule is CN(C)c1ccc(C[NH+]2CCN(c3ncccn3)CC2)cc1. The molecular weight excluding hydrogens is 274 g/mol. The van der Waals surface area contributed by atoms with Gasteiger partial charge in [0.15, 0.2) is 0 Å². The summed E-state index contributed by atoms with van der Waals surface area (Å²) in [5.41, 5.74) is 2.66. The number of hydrogen-bond acceptors (Lipinski definition) is 4. The minimum atomic E-state index is 0.858. The average molecular weight is 298 g/mol. The molecule has 1 saturated heterocycles. The summed E-state index contributed by atoms with van der Waals surface area (Å²) in [5, 5.41) is 0. The molecule has 0 atom stereocenters. The van der Waals surface area contributed by atoms with Crippen molar-refractivity contribution in [3.8, 4) is 0 Å². The first-order valence-electron chi connectivity index (χ1n) is 7.84. The summed E-state index contributed by atoms with van der Waals surface area (Å²) in [7, 11) is 4.15. The molecule has 1 N–H and O–H groups in total. The molecule has 0 spiro atoms. The van der Waals surface area contributed by atoms with Gasteiger partial charge in [-0.2, -0.15) is 0 Å². The number of anilines is 2. The van der Waals surface area contributed by atoms with Gasteiger partial charge in [0.25, 0.3) is 0 Å². The minimum absolute atomic E-state index is 0.858. The van der Waals surface area contributed by atoms with E-state index >= 15 is 0 Å². The molecular formula is C17H24N5+. The van der Waals surface area contributed by atoms with E-state index < -0.39 is 0 Å². The number of rotatable bonds is 4. The molecule has 1 aliphatic rings. The van der Waals surface area contributed by atoms with Crippen molar-refractivity contribution in [1.29, 1.82) is 0 Å². The Morgan fingerprint density at radius 1 is 1.05 bits per heavy atom. The molecule has 0 radical (unpaired) electrons. The van der Waals surface area contributed by atoms with Crippen LogP contribution in [0.4, 0.5) is 11.6 Å². The summed E-state index contributed by atoms with van der Waals surface area (Å²) in [6.45, 7) is 5.41. The van der Waals surface area contributed by atoms with Crippen LogP contribution in [-0.2, 0) is 6.54 Å². The van der Waals surface area contributed by atoms with Crippen molar-refractivity contribution in [2.75, 3.05) is 50.1 Å². The highest BCUT2D eigenvalue weighted by Gasteiger charge is 2.21. The number of hydrogen-bond donors (Lipinski definition) is 1. The monoisotopic (exact) mass is 298 g/mol. The first kappa shape index (κ1) is 14.8. The van der Waals surface area contributed by atoms with Crippen molar-refractivity contribution >= 4 is 11.6 Å². The van der Waals surface area contributed by atoms with Gasteiger partial charge in [-0.05, 0) is 18.2 Å². The molecule has 5 heteroatoms. The molecule has 0 bridgehead atoms. The Kier molecular flexibility index (Phi) is 4.53. The van der Waals surface area contributed by atoms with E-state index in [9.17, 15) is 0 Å². The van der Waals surface area contributed by atoms with Crippen molar-refractivity contribution in [3.63, 3.8) is 0 Å². The Morgan fingerprint density at radius 3 is 2.27 bits per heavy atom. The molecule has 0 amide bonds. The number of piperazine rings is 1. The van der Waals surface area contributed by atoms with Crippen LogP contribution < -0.4 is 14.7 Å². The van der Waals surface area contributed by atoms with Gasteiger partial charge >= 0.3 is 0 Å². The smallest absolute Gasteiger partial charge is 0.225 e. The second-order valence-electron chi connectivity index (χ2n) is 6.02. The van der Waals surface area contributed by atoms with Crippen molar-refractivity contribution < 1.29 is 4.90 Å². The van der Waals surface area contributed by atoms with E-state index in [1.165, 1.54) is 11.3 Å². The quantitative estimate of drug-likeness (QED) is 0.889. The fourth-order valence-electron chi connectivity index (χ4n) is 2.85. The van der Waals surface area contributed by atoms with Crippen LogP contribution in [0, 0.1) is 0 Å². The third-order valence-electron chi connectivity index (χ3n) is 4.21. The van der Waals surface area contributed by atoms with Crippen LogP contribution in [0.15, 0.2) is 42.7 Å². The maximum Gasteiger partial charge on any atom is 0.225 e. The highest BCUT2D eigenvalue weighted by atomic mass is 15.3. The number of quaternary nitrogens is 1. The van der Waals surface area contributed by atoms with E-state index in [4.69, 9.17) is 0 Å². The molecule has 2 aromatic rings. The molecule has 2 heterocycles. The molecule has 5 nitrogen and oxygen atoms in total. The van der Waals surface area contributed by atoms with Gasteiger partial charge in [-0.15, -0.1) is 0 Å². The Bertz CT molecular complexity index is 574. The number of nitrogens with zero attached hydrogens (tertiary/aromatic N) is 4. The van der Waals surface area contributed by atoms with Gasteiger partial charge in [0.1, 0.15) is 6.54 Å². The second kappa shape index (κ2) is 6.75. The van der Waals surface area contributed by atoms with Crippen molar-refractivity contribution in [2.24, 2.45) is 0 Å². The van der Waals surface area contributed by atoms with Crippen LogP contribution in [0.2, 0.25) is 0 Å². The minimum Gasteiger partial charge on any atom is -0.378 e. The lowest BCUT2D eigenvalue weighted by Gasteiger charge is -2.32. The van der Waals surface area contributed by atoms with Gasteiger partial charge in [0.2, 0.25) is 5.95 Å². The van der Waals surface area contributed by atoms with E-state index in [1.807, 2.05) is 18.5 Å². The molecule has 0 unspecified atom stereocenters. The first-order chi connectivity index (χ1) is 10.7. The Balaban J connectivity index is 1.53. The third kappa shape index (κ3) is 3.54. The predicted octanol–water partition coefficient (Wildman–Crippen LogP) is 0.448. The lowest BCUT2D eigenvalue weighted by atomic mass is 10.1. The molecule has 0 saturated carbocycles. The van der Waals surface area contributed by atoms with Gasteiger partial charge in [-0.25, -0.2) is 9.97 Å². The Hall–Kier alpha value is -2.14. The maximum absolute atomic E-state index is 4.34. The van der Waals surface area contributed by atoms with Crippen LogP contribution in [0.1, 0.15) is 5.56 Å². The normalized spacial score (nSPS) is 15.8. The van der Waals surface area contributed by atoms with Gasteiger partial charge in [-0.1, -0.05) is 12.1 Å². The summed E-state index contributed by atoms with van der Waals surface area (Å²) in [6, 6.07) is 10.7. The van der Waals surface area contributed by atoms with E-state index in [0.717, 1.165) is 38.7 Å². The van der Waals surface area contributed by atoms with E-state index in [0.29, 0.717) is 0 Å². The summed E-state index contributed by atoms with van der Waals surface area (Å²) in [6.07, 6.45) is 3.63. The molecule has 1 aromatic heterocycles. The van der Waals surface area contributed by atoms with Crippen LogP contribution in [-0.4, -0.2) is 50.2 Å². The highest BCUT2D eigenvalue weighted by Crippen LogP contribution is 2.11. The van der Waals surface area contributed by atoms with Crippen LogP contribution in [0.25, 0.3) is 0 Å². The van der Waals surface area contributed by atoms with E-state index in [-0.39, 0.29) is 0 Å². The van der Waals surface area contributed by atoms with Crippen molar-refractivity contribution in [1.82, 2.24) is 9.97 Å². The number of aromatic nitrogens is 2. The van der Waals surface area contributed by atoms with E-state index in [1.54, 1.807) is 4.90 Å². The van der Waals surface area contributed by atoms with Gasteiger partial charge in [-0.3, -0.25) is 0 Å². The topological polar surface area (TPSA) is 36.7 Å². The molecule has 3 rings (SSSR count). The zero-order chi connectivity index (χ0) is 15.4. The van der Waals surface area contributed by atoms with Crippen LogP contribution in [0.3, 0.4) is 0 Å². The summed E-state index contributed by atoms with van der Waals surface area (Å²) in [4.78, 5) is 14.7. The summed E-state index contributed by atoms with van der Waals surface area (Å²) >= 11 is 0. The molecule has 0 aliphatic carbocycles. The molecule has 116 valence electrons. The lowest BCUT2D eigenvalue weighted by molar-refractivity contribution is -0.914. The highest BCUT2D eigenvalue weighted by molar-refractivity contribution is 5.45. The standard InChI is InChI=1S/C17H23N5/c1-20(2)16-6-4-15(5-7-16)14-21-10-12-22(13-11-21)17-18-8-3-9-19-17/h3-9H,10-14H2,1-2H3/p+1. The summed E-state index contributed by atoms with van der Waals surface area (Å²) in [5.74, 6) is 0.858. The molecule has 1 aliphatic heterocycles. The van der Waals surface area contributed by atoms with Gasteiger partial charge in [0.05, 0.1) is 26.2 Å². The fraction of sp³-hybridized carbons (Fsp3) is 0.412. The zero-order valence-electron chi connectivity index (χ0n) is 13.4. The van der Waals surface area contributed by atoms with Crippen LogP contribution in [0.5, 0.6) is 0 Å². The number of nitrogens with one attached hydrogen (secondary N) is 1. The second-order valence-corrected chi connectivity index (χ2v) is 6.02. The maximum atomic E-state index is 4.34. The largest absolute Gasteiger partial charge is 0.378 e.